The molecule has 1 heterocycles. The van der Waals surface area contributed by atoms with Crippen molar-refractivity contribution in [2.45, 2.75) is 58.3 Å². The van der Waals surface area contributed by atoms with Gasteiger partial charge in [0, 0.05) is 6.61 Å². The van der Waals surface area contributed by atoms with Gasteiger partial charge >= 0.3 is 5.97 Å². The van der Waals surface area contributed by atoms with Gasteiger partial charge < -0.3 is 25.2 Å². The molecule has 1 saturated heterocycles. The summed E-state index contributed by atoms with van der Waals surface area (Å²) in [6.45, 7) is 6.12. The highest BCUT2D eigenvalue weighted by Gasteiger charge is 2.23. The predicted octanol–water partition coefficient (Wildman–Crippen LogP) is 0.302. The summed E-state index contributed by atoms with van der Waals surface area (Å²) in [7, 11) is 0. The largest absolute Gasteiger partial charge is 0.480 e. The van der Waals surface area contributed by atoms with Gasteiger partial charge in [0.2, 0.25) is 11.8 Å². The molecule has 0 radical (unpaired) electrons. The molecule has 0 aromatic carbocycles. The highest BCUT2D eigenvalue weighted by molar-refractivity contribution is 5.89. The van der Waals surface area contributed by atoms with Crippen LogP contribution < -0.4 is 10.6 Å². The zero-order valence-corrected chi connectivity index (χ0v) is 14.5. The van der Waals surface area contributed by atoms with E-state index in [1.54, 1.807) is 6.92 Å². The minimum Gasteiger partial charge on any atom is -0.480 e. The summed E-state index contributed by atoms with van der Waals surface area (Å²) in [5, 5.41) is 13.9. The molecule has 138 valence electrons. The summed E-state index contributed by atoms with van der Waals surface area (Å²) in [4.78, 5) is 34.8. The second-order valence-corrected chi connectivity index (χ2v) is 6.42. The second kappa shape index (κ2) is 10.2. The molecule has 24 heavy (non-hydrogen) atoms. The molecular formula is C16H28N2O6. The van der Waals surface area contributed by atoms with Gasteiger partial charge in [0.1, 0.15) is 12.1 Å². The van der Waals surface area contributed by atoms with E-state index in [1.165, 1.54) is 0 Å². The van der Waals surface area contributed by atoms with E-state index in [0.717, 1.165) is 19.4 Å². The Hall–Kier alpha value is -1.67. The maximum absolute atomic E-state index is 11.9. The first kappa shape index (κ1) is 20.4. The minimum absolute atomic E-state index is 0.0240. The summed E-state index contributed by atoms with van der Waals surface area (Å²) in [5.74, 6) is -1.91. The number of amides is 2. The van der Waals surface area contributed by atoms with Crippen LogP contribution in [-0.2, 0) is 23.9 Å². The molecule has 1 aliphatic rings. The van der Waals surface area contributed by atoms with E-state index in [1.807, 2.05) is 13.8 Å². The van der Waals surface area contributed by atoms with Gasteiger partial charge in [0.05, 0.1) is 19.3 Å². The fourth-order valence-corrected chi connectivity index (χ4v) is 2.35. The number of carbonyl (C=O) groups is 3. The molecule has 2 unspecified atom stereocenters. The third-order valence-electron chi connectivity index (χ3n) is 3.69. The summed E-state index contributed by atoms with van der Waals surface area (Å²) in [5.41, 5.74) is 0. The van der Waals surface area contributed by atoms with Crippen molar-refractivity contribution in [1.82, 2.24) is 10.6 Å². The van der Waals surface area contributed by atoms with Crippen molar-refractivity contribution in [3.05, 3.63) is 0 Å². The number of aliphatic carboxylic acids is 1. The van der Waals surface area contributed by atoms with Crippen molar-refractivity contribution >= 4 is 17.8 Å². The Morgan fingerprint density at radius 1 is 1.29 bits per heavy atom. The molecular weight excluding hydrogens is 316 g/mol. The molecule has 8 nitrogen and oxygen atoms in total. The molecule has 8 heteroatoms. The summed E-state index contributed by atoms with van der Waals surface area (Å²) in [6, 6.07) is -0.956. The van der Waals surface area contributed by atoms with Crippen molar-refractivity contribution < 1.29 is 29.0 Å². The first-order valence-corrected chi connectivity index (χ1v) is 8.32. The van der Waals surface area contributed by atoms with Crippen LogP contribution in [0.15, 0.2) is 0 Å². The highest BCUT2D eigenvalue weighted by Crippen LogP contribution is 2.12. The van der Waals surface area contributed by atoms with E-state index >= 15 is 0 Å². The lowest BCUT2D eigenvalue weighted by Gasteiger charge is -2.18. The highest BCUT2D eigenvalue weighted by atomic mass is 16.5. The van der Waals surface area contributed by atoms with Crippen LogP contribution in [0.2, 0.25) is 0 Å². The Morgan fingerprint density at radius 2 is 2.00 bits per heavy atom. The molecule has 0 aromatic rings. The minimum atomic E-state index is -1.09. The Balaban J connectivity index is 2.28. The van der Waals surface area contributed by atoms with Gasteiger partial charge in [-0.25, -0.2) is 4.79 Å². The van der Waals surface area contributed by atoms with Crippen LogP contribution in [0.1, 0.15) is 40.0 Å². The topological polar surface area (TPSA) is 114 Å². The van der Waals surface area contributed by atoms with Crippen LogP contribution in [0.4, 0.5) is 0 Å². The van der Waals surface area contributed by atoms with E-state index < -0.39 is 29.9 Å². The van der Waals surface area contributed by atoms with Gasteiger partial charge in [-0.05, 0) is 32.1 Å². The van der Waals surface area contributed by atoms with E-state index in [0.29, 0.717) is 13.0 Å². The number of ether oxygens (including phenoxy) is 2. The number of nitrogens with one attached hydrogen (secondary N) is 2. The van der Waals surface area contributed by atoms with E-state index in [4.69, 9.17) is 14.6 Å². The molecule has 3 atom stereocenters. The average molecular weight is 344 g/mol. The Morgan fingerprint density at radius 3 is 2.54 bits per heavy atom. The molecule has 0 aromatic heterocycles. The zero-order valence-electron chi connectivity index (χ0n) is 14.5. The lowest BCUT2D eigenvalue weighted by Crippen LogP contribution is -2.47. The van der Waals surface area contributed by atoms with Gasteiger partial charge in [-0.1, -0.05) is 13.8 Å². The van der Waals surface area contributed by atoms with Crippen LogP contribution in [-0.4, -0.2) is 60.9 Å². The molecule has 0 bridgehead atoms. The first-order valence-electron chi connectivity index (χ1n) is 8.32. The molecule has 2 amide bonds. The van der Waals surface area contributed by atoms with Crippen LogP contribution in [0.3, 0.4) is 0 Å². The van der Waals surface area contributed by atoms with Gasteiger partial charge in [-0.2, -0.15) is 0 Å². The lowest BCUT2D eigenvalue weighted by atomic mass is 10.0. The van der Waals surface area contributed by atoms with Crippen LogP contribution in [0.5, 0.6) is 0 Å². The second-order valence-electron chi connectivity index (χ2n) is 6.42. The van der Waals surface area contributed by atoms with Crippen LogP contribution >= 0.6 is 0 Å². The number of rotatable bonds is 10. The lowest BCUT2D eigenvalue weighted by molar-refractivity contribution is -0.142. The predicted molar refractivity (Wildman–Crippen MR) is 86.4 cm³/mol. The number of hydrogen-bond donors (Lipinski definition) is 3. The third-order valence-corrected chi connectivity index (χ3v) is 3.69. The van der Waals surface area contributed by atoms with E-state index in [2.05, 4.69) is 10.6 Å². The van der Waals surface area contributed by atoms with Crippen molar-refractivity contribution in [1.29, 1.82) is 0 Å². The number of carboxylic acids is 1. The molecule has 0 aliphatic carbocycles. The summed E-state index contributed by atoms with van der Waals surface area (Å²) in [6.07, 6.45) is 1.57. The number of carbonyl (C=O) groups excluding carboxylic acids is 2. The smallest absolute Gasteiger partial charge is 0.326 e. The van der Waals surface area contributed by atoms with Gasteiger partial charge in [0.25, 0.3) is 0 Å². The van der Waals surface area contributed by atoms with E-state index in [-0.39, 0.29) is 18.6 Å². The molecule has 1 aliphatic heterocycles. The number of hydrogen-bond acceptors (Lipinski definition) is 5. The Kier molecular flexibility index (Phi) is 8.70. The maximum atomic E-state index is 11.9. The third kappa shape index (κ3) is 7.74. The standard InChI is InChI=1S/C16H28N2O6/c1-10(2)7-13(16(21)22)18-14(19)8-17-15(20)11(3)24-9-12-5-4-6-23-12/h10-13H,4-9H2,1-3H3,(H,17,20)(H,18,19)(H,21,22)/t11?,12?,13-/m0/s1. The first-order chi connectivity index (χ1) is 11.3. The maximum Gasteiger partial charge on any atom is 0.326 e. The van der Waals surface area contributed by atoms with Crippen LogP contribution in [0.25, 0.3) is 0 Å². The Labute approximate surface area is 142 Å². The monoisotopic (exact) mass is 344 g/mol. The zero-order chi connectivity index (χ0) is 18.1. The molecule has 0 spiro atoms. The summed E-state index contributed by atoms with van der Waals surface area (Å²) >= 11 is 0. The van der Waals surface area contributed by atoms with Crippen molar-refractivity contribution in [2.75, 3.05) is 19.8 Å². The Bertz CT molecular complexity index is 434. The summed E-state index contributed by atoms with van der Waals surface area (Å²) < 4.78 is 10.8. The van der Waals surface area contributed by atoms with Gasteiger partial charge in [0.15, 0.2) is 0 Å². The molecule has 3 N–H and O–H groups in total. The molecule has 1 fully saturated rings. The quantitative estimate of drug-likeness (QED) is 0.525. The fourth-order valence-electron chi connectivity index (χ4n) is 2.35. The average Bonchev–Trinajstić information content (AvgIpc) is 3.02. The van der Waals surface area contributed by atoms with Crippen LogP contribution in [0, 0.1) is 5.92 Å². The fraction of sp³-hybridized carbons (Fsp3) is 0.812. The SMILES string of the molecule is CC(C)C[C@H](NC(=O)CNC(=O)C(C)OCC1CCCO1)C(=O)O. The number of carboxylic acid groups (broad SMARTS) is 1. The van der Waals surface area contributed by atoms with Gasteiger partial charge in [-0.15, -0.1) is 0 Å². The normalized spacial score (nSPS) is 19.8. The van der Waals surface area contributed by atoms with Gasteiger partial charge in [-0.3, -0.25) is 9.59 Å². The molecule has 1 rings (SSSR count). The van der Waals surface area contributed by atoms with Crippen molar-refractivity contribution in [2.24, 2.45) is 5.92 Å². The van der Waals surface area contributed by atoms with Crippen molar-refractivity contribution in [3.8, 4) is 0 Å². The van der Waals surface area contributed by atoms with E-state index in [9.17, 15) is 14.4 Å². The van der Waals surface area contributed by atoms with Crippen molar-refractivity contribution in [3.63, 3.8) is 0 Å². The molecule has 0 saturated carbocycles.